The third kappa shape index (κ3) is 9.94. The Labute approximate surface area is 217 Å². The fourth-order valence-electron chi connectivity index (χ4n) is 3.81. The molecule has 0 spiro atoms. The topological polar surface area (TPSA) is 122 Å². The molecular weight excluding hydrogens is 547 g/mol. The van der Waals surface area contributed by atoms with Crippen molar-refractivity contribution in [1.29, 1.82) is 0 Å². The molecule has 0 amide bonds. The van der Waals surface area contributed by atoms with E-state index in [0.29, 0.717) is 6.61 Å². The summed E-state index contributed by atoms with van der Waals surface area (Å²) in [5.41, 5.74) is 2.10. The zero-order valence-corrected chi connectivity index (χ0v) is 20.2. The predicted octanol–water partition coefficient (Wildman–Crippen LogP) is 4.00. The number of hydrogen-bond acceptors (Lipinski definition) is 7. The van der Waals surface area contributed by atoms with Crippen LogP contribution in [0.2, 0.25) is 0 Å². The zero-order chi connectivity index (χ0) is 29.4. The summed E-state index contributed by atoms with van der Waals surface area (Å²) in [4.78, 5) is 28.8. The van der Waals surface area contributed by atoms with Crippen molar-refractivity contribution < 1.29 is 60.0 Å². The number of alkyl halides is 6. The molecule has 0 unspecified atom stereocenters. The summed E-state index contributed by atoms with van der Waals surface area (Å²) in [6.45, 7) is 4.34. The van der Waals surface area contributed by atoms with Crippen molar-refractivity contribution in [2.75, 3.05) is 13.2 Å². The minimum absolute atomic E-state index is 0.0556. The van der Waals surface area contributed by atoms with Crippen molar-refractivity contribution in [1.82, 2.24) is 14.9 Å². The lowest BCUT2D eigenvalue weighted by Gasteiger charge is -2.38. The maximum Gasteiger partial charge on any atom is 0.490 e. The Hall–Kier alpha value is -3.53. The number of hydrogen-bond donors (Lipinski definition) is 2. The van der Waals surface area contributed by atoms with Gasteiger partial charge in [0.2, 0.25) is 0 Å². The predicted molar refractivity (Wildman–Crippen MR) is 118 cm³/mol. The second-order valence-electron chi connectivity index (χ2n) is 8.27. The first-order valence-electron chi connectivity index (χ1n) is 11.2. The highest BCUT2D eigenvalue weighted by atomic mass is 19.4. The van der Waals surface area contributed by atoms with Gasteiger partial charge >= 0.3 is 24.3 Å². The first kappa shape index (κ1) is 31.7. The Balaban J connectivity index is 0.000000317. The first-order chi connectivity index (χ1) is 18.1. The third-order valence-electron chi connectivity index (χ3n) is 5.43. The lowest BCUT2D eigenvalue weighted by atomic mass is 10.1. The number of morpholine rings is 1. The maximum absolute atomic E-state index is 13.8. The molecule has 39 heavy (non-hydrogen) atoms. The SMILES string of the molecule is Cc1cccc(CN2CCO[C@H]3[C@H](Oc4ncccc4F)CC[C@@H]32)n1.O=C(O)C(F)(F)F.O=C(O)C(F)(F)F. The van der Waals surface area contributed by atoms with Gasteiger partial charge in [-0.3, -0.25) is 9.88 Å². The van der Waals surface area contributed by atoms with Crippen LogP contribution in [0.4, 0.5) is 30.7 Å². The summed E-state index contributed by atoms with van der Waals surface area (Å²) < 4.78 is 89.1. The van der Waals surface area contributed by atoms with Gasteiger partial charge in [-0.2, -0.15) is 26.3 Å². The third-order valence-corrected chi connectivity index (χ3v) is 5.43. The van der Waals surface area contributed by atoms with Gasteiger partial charge in [0.25, 0.3) is 5.88 Å². The number of ether oxygens (including phenoxy) is 2. The summed E-state index contributed by atoms with van der Waals surface area (Å²) in [6, 6.07) is 9.31. The zero-order valence-electron chi connectivity index (χ0n) is 20.2. The summed E-state index contributed by atoms with van der Waals surface area (Å²) in [7, 11) is 0. The van der Waals surface area contributed by atoms with E-state index in [9.17, 15) is 30.7 Å². The molecule has 2 fully saturated rings. The van der Waals surface area contributed by atoms with Crippen LogP contribution in [-0.4, -0.2) is 80.8 Å². The molecule has 2 N–H and O–H groups in total. The standard InChI is InChI=1S/C19H22FN3O2.2C2HF3O2/c1-13-4-2-5-14(22-13)12-23-10-11-24-18-16(23)7-8-17(18)25-19-15(20)6-3-9-21-19;2*3-2(4,5)1(6)7/h2-6,9,16-18H,7-8,10-12H2,1H3;2*(H,6,7)/t16-,17+,18+;;/m0../s1. The van der Waals surface area contributed by atoms with Crippen LogP contribution in [-0.2, 0) is 20.9 Å². The average Bonchev–Trinajstić information content (AvgIpc) is 3.24. The van der Waals surface area contributed by atoms with Crippen molar-refractivity contribution in [2.45, 2.75) is 56.9 Å². The number of aromatic nitrogens is 2. The molecule has 2 aromatic heterocycles. The van der Waals surface area contributed by atoms with Crippen molar-refractivity contribution in [3.8, 4) is 5.88 Å². The van der Waals surface area contributed by atoms with Gasteiger partial charge in [0, 0.05) is 31.0 Å². The van der Waals surface area contributed by atoms with E-state index >= 15 is 0 Å². The minimum Gasteiger partial charge on any atom is -0.475 e. The van der Waals surface area contributed by atoms with Crippen LogP contribution >= 0.6 is 0 Å². The van der Waals surface area contributed by atoms with E-state index in [1.165, 1.54) is 6.07 Å². The molecule has 1 saturated carbocycles. The lowest BCUT2D eigenvalue weighted by molar-refractivity contribution is -0.193. The molecule has 1 aliphatic carbocycles. The average molecular weight is 571 g/mol. The van der Waals surface area contributed by atoms with Gasteiger partial charge in [-0.15, -0.1) is 0 Å². The van der Waals surface area contributed by atoms with Gasteiger partial charge in [-0.25, -0.2) is 19.0 Å². The summed E-state index contributed by atoms with van der Waals surface area (Å²) in [5, 5.41) is 14.2. The first-order valence-corrected chi connectivity index (χ1v) is 11.2. The molecule has 3 heterocycles. The van der Waals surface area contributed by atoms with Gasteiger partial charge in [0.15, 0.2) is 5.82 Å². The molecule has 216 valence electrons. The number of carbonyl (C=O) groups is 2. The fourth-order valence-corrected chi connectivity index (χ4v) is 3.81. The van der Waals surface area contributed by atoms with Crippen LogP contribution in [0.5, 0.6) is 5.88 Å². The number of aliphatic carboxylic acids is 2. The second-order valence-corrected chi connectivity index (χ2v) is 8.27. The number of nitrogens with zero attached hydrogens (tertiary/aromatic N) is 3. The highest BCUT2D eigenvalue weighted by Crippen LogP contribution is 2.33. The summed E-state index contributed by atoms with van der Waals surface area (Å²) >= 11 is 0. The van der Waals surface area contributed by atoms with Crippen LogP contribution in [0, 0.1) is 12.7 Å². The van der Waals surface area contributed by atoms with E-state index < -0.39 is 30.1 Å². The maximum atomic E-state index is 13.8. The smallest absolute Gasteiger partial charge is 0.475 e. The van der Waals surface area contributed by atoms with Crippen molar-refractivity contribution >= 4 is 11.9 Å². The molecule has 3 atom stereocenters. The molecule has 1 aliphatic heterocycles. The summed E-state index contributed by atoms with van der Waals surface area (Å²) in [5.74, 6) is -5.88. The molecular formula is C23H24F7N3O6. The van der Waals surface area contributed by atoms with Crippen LogP contribution in [0.25, 0.3) is 0 Å². The van der Waals surface area contributed by atoms with E-state index in [1.54, 1.807) is 12.3 Å². The van der Waals surface area contributed by atoms with E-state index in [-0.39, 0.29) is 24.1 Å². The van der Waals surface area contributed by atoms with Crippen LogP contribution in [0.1, 0.15) is 24.2 Å². The molecule has 4 rings (SSSR count). The van der Waals surface area contributed by atoms with Crippen molar-refractivity contribution in [3.05, 3.63) is 53.7 Å². The Morgan fingerprint density at radius 2 is 1.67 bits per heavy atom. The monoisotopic (exact) mass is 571 g/mol. The summed E-state index contributed by atoms with van der Waals surface area (Å²) in [6.07, 6.45) is -7.04. The van der Waals surface area contributed by atoms with Gasteiger partial charge < -0.3 is 19.7 Å². The van der Waals surface area contributed by atoms with Gasteiger partial charge in [0.05, 0.1) is 12.3 Å². The Morgan fingerprint density at radius 3 is 2.21 bits per heavy atom. The highest BCUT2D eigenvalue weighted by molar-refractivity contribution is 5.73. The Bertz CT molecular complexity index is 1090. The normalized spacial score (nSPS) is 21.0. The van der Waals surface area contributed by atoms with E-state index in [1.807, 2.05) is 19.1 Å². The highest BCUT2D eigenvalue weighted by Gasteiger charge is 2.44. The molecule has 0 radical (unpaired) electrons. The molecule has 2 aliphatic rings. The van der Waals surface area contributed by atoms with E-state index in [2.05, 4.69) is 20.9 Å². The number of carboxylic acids is 2. The molecule has 1 saturated heterocycles. The molecule has 9 nitrogen and oxygen atoms in total. The van der Waals surface area contributed by atoms with Gasteiger partial charge in [-0.05, 0) is 44.0 Å². The number of fused-ring (bicyclic) bond motifs is 1. The Morgan fingerprint density at radius 1 is 1.05 bits per heavy atom. The van der Waals surface area contributed by atoms with Crippen LogP contribution in [0.3, 0.4) is 0 Å². The second kappa shape index (κ2) is 13.5. The van der Waals surface area contributed by atoms with Gasteiger partial charge in [-0.1, -0.05) is 6.07 Å². The molecule has 0 bridgehead atoms. The van der Waals surface area contributed by atoms with E-state index in [0.717, 1.165) is 37.3 Å². The lowest BCUT2D eigenvalue weighted by Crippen LogP contribution is -2.51. The number of rotatable bonds is 4. The molecule has 0 aromatic carbocycles. The largest absolute Gasteiger partial charge is 0.490 e. The quantitative estimate of drug-likeness (QED) is 0.525. The minimum atomic E-state index is -5.08. The number of pyridine rings is 2. The number of halogens is 7. The molecule has 2 aromatic rings. The Kier molecular flexibility index (Phi) is 11.0. The fraction of sp³-hybridized carbons (Fsp3) is 0.478. The van der Waals surface area contributed by atoms with E-state index in [4.69, 9.17) is 29.3 Å². The van der Waals surface area contributed by atoms with Crippen LogP contribution in [0.15, 0.2) is 36.5 Å². The molecule has 16 heteroatoms. The number of carboxylic acid groups (broad SMARTS) is 2. The van der Waals surface area contributed by atoms with Crippen LogP contribution < -0.4 is 4.74 Å². The number of aryl methyl sites for hydroxylation is 1. The van der Waals surface area contributed by atoms with Crippen molar-refractivity contribution in [2.24, 2.45) is 0 Å². The van der Waals surface area contributed by atoms with Gasteiger partial charge in [0.1, 0.15) is 12.2 Å². The van der Waals surface area contributed by atoms with Crippen molar-refractivity contribution in [3.63, 3.8) is 0 Å².